The number of carbonyl (C=O) groups is 2. The molecule has 0 fully saturated rings. The average Bonchev–Trinajstić information content (AvgIpc) is 2.85. The van der Waals surface area contributed by atoms with E-state index in [1.165, 1.54) is 11.0 Å². The van der Waals surface area contributed by atoms with Gasteiger partial charge in [0.2, 0.25) is 5.91 Å². The first-order valence-electron chi connectivity index (χ1n) is 11.9. The Hall–Kier alpha value is -3.67. The van der Waals surface area contributed by atoms with Crippen molar-refractivity contribution in [1.82, 2.24) is 10.2 Å². The number of nitrogens with one attached hydrogen (secondary N) is 1. The van der Waals surface area contributed by atoms with E-state index in [1.807, 2.05) is 63.2 Å². The summed E-state index contributed by atoms with van der Waals surface area (Å²) in [6.45, 7) is 6.14. The Bertz CT molecular complexity index is 1100. The molecule has 3 aromatic rings. The number of hydrogen-bond donors (Lipinski definition) is 1. The Morgan fingerprint density at radius 2 is 1.60 bits per heavy atom. The first-order chi connectivity index (χ1) is 16.8. The highest BCUT2D eigenvalue weighted by Crippen LogP contribution is 2.18. The van der Waals surface area contributed by atoms with Crippen LogP contribution in [0.2, 0.25) is 0 Å². The summed E-state index contributed by atoms with van der Waals surface area (Å²) >= 11 is 0. The fourth-order valence-electron chi connectivity index (χ4n) is 3.65. The van der Waals surface area contributed by atoms with E-state index in [2.05, 4.69) is 5.32 Å². The standard InChI is InChI=1S/C29H33FN2O3/c1-21(2)18-31-29(34)27(17-23-9-5-4-6-10-23)32(19-24-11-7-8-12-26(24)30)28(33)20-35-25-15-13-22(3)14-16-25/h4-16,21,27H,17-20H2,1-3H3,(H,31,34)/t27-/m1/s1. The molecule has 0 aliphatic rings. The quantitative estimate of drug-likeness (QED) is 0.427. The lowest BCUT2D eigenvalue weighted by atomic mass is 10.0. The van der Waals surface area contributed by atoms with Gasteiger partial charge < -0.3 is 15.0 Å². The van der Waals surface area contributed by atoms with Gasteiger partial charge in [-0.25, -0.2) is 4.39 Å². The number of carbonyl (C=O) groups excluding carboxylic acids is 2. The molecular weight excluding hydrogens is 443 g/mol. The van der Waals surface area contributed by atoms with E-state index in [4.69, 9.17) is 4.74 Å². The predicted octanol–water partition coefficient (Wildman–Crippen LogP) is 4.93. The van der Waals surface area contributed by atoms with Crippen LogP contribution in [0, 0.1) is 18.7 Å². The molecule has 0 radical (unpaired) electrons. The van der Waals surface area contributed by atoms with Crippen molar-refractivity contribution >= 4 is 11.8 Å². The molecule has 3 rings (SSSR count). The lowest BCUT2D eigenvalue weighted by molar-refractivity contribution is -0.142. The number of halogens is 1. The van der Waals surface area contributed by atoms with Crippen molar-refractivity contribution < 1.29 is 18.7 Å². The van der Waals surface area contributed by atoms with E-state index in [1.54, 1.807) is 30.3 Å². The molecule has 0 saturated carbocycles. The van der Waals surface area contributed by atoms with Gasteiger partial charge in [-0.2, -0.15) is 0 Å². The van der Waals surface area contributed by atoms with E-state index in [-0.39, 0.29) is 25.0 Å². The second-order valence-corrected chi connectivity index (χ2v) is 9.06. The first-order valence-corrected chi connectivity index (χ1v) is 11.9. The van der Waals surface area contributed by atoms with Gasteiger partial charge >= 0.3 is 0 Å². The monoisotopic (exact) mass is 476 g/mol. The van der Waals surface area contributed by atoms with Crippen LogP contribution in [-0.2, 0) is 22.6 Å². The lowest BCUT2D eigenvalue weighted by Gasteiger charge is -2.31. The highest BCUT2D eigenvalue weighted by atomic mass is 19.1. The van der Waals surface area contributed by atoms with Gasteiger partial charge in [0.1, 0.15) is 17.6 Å². The molecule has 0 spiro atoms. The fraction of sp³-hybridized carbons (Fsp3) is 0.310. The molecule has 0 aliphatic carbocycles. The highest BCUT2D eigenvalue weighted by Gasteiger charge is 2.31. The summed E-state index contributed by atoms with van der Waals surface area (Å²) in [5, 5.41) is 2.95. The van der Waals surface area contributed by atoms with E-state index in [0.717, 1.165) is 11.1 Å². The van der Waals surface area contributed by atoms with Crippen molar-refractivity contribution in [3.63, 3.8) is 0 Å². The Morgan fingerprint density at radius 3 is 2.26 bits per heavy atom. The molecule has 0 heterocycles. The van der Waals surface area contributed by atoms with Crippen molar-refractivity contribution in [3.05, 3.63) is 101 Å². The van der Waals surface area contributed by atoms with Gasteiger partial charge in [0.15, 0.2) is 6.61 Å². The van der Waals surface area contributed by atoms with Crippen LogP contribution in [0.4, 0.5) is 4.39 Å². The molecule has 0 aliphatic heterocycles. The fourth-order valence-corrected chi connectivity index (χ4v) is 3.65. The number of benzene rings is 3. The van der Waals surface area contributed by atoms with Crippen molar-refractivity contribution in [1.29, 1.82) is 0 Å². The van der Waals surface area contributed by atoms with Crippen molar-refractivity contribution in [2.45, 2.75) is 39.8 Å². The van der Waals surface area contributed by atoms with E-state index >= 15 is 0 Å². The normalized spacial score (nSPS) is 11.7. The van der Waals surface area contributed by atoms with Gasteiger partial charge in [-0.15, -0.1) is 0 Å². The molecule has 0 unspecified atom stereocenters. The summed E-state index contributed by atoms with van der Waals surface area (Å²) in [5.41, 5.74) is 2.32. The average molecular weight is 477 g/mol. The molecule has 6 heteroatoms. The molecule has 5 nitrogen and oxygen atoms in total. The smallest absolute Gasteiger partial charge is 0.261 e. The van der Waals surface area contributed by atoms with Crippen LogP contribution in [0.3, 0.4) is 0 Å². The van der Waals surface area contributed by atoms with Gasteiger partial charge in [0.05, 0.1) is 0 Å². The SMILES string of the molecule is Cc1ccc(OCC(=O)N(Cc2ccccc2F)[C@H](Cc2ccccc2)C(=O)NCC(C)C)cc1. The zero-order valence-corrected chi connectivity index (χ0v) is 20.5. The molecule has 1 atom stereocenters. The number of aryl methyl sites for hydroxylation is 1. The van der Waals surface area contributed by atoms with E-state index in [9.17, 15) is 14.0 Å². The maximum absolute atomic E-state index is 14.6. The van der Waals surface area contributed by atoms with Crippen molar-refractivity contribution in [2.24, 2.45) is 5.92 Å². The Labute approximate surface area is 206 Å². The highest BCUT2D eigenvalue weighted by molar-refractivity contribution is 5.88. The molecule has 2 amide bonds. The molecule has 0 bridgehead atoms. The summed E-state index contributed by atoms with van der Waals surface area (Å²) in [7, 11) is 0. The topological polar surface area (TPSA) is 58.6 Å². The summed E-state index contributed by atoms with van der Waals surface area (Å²) < 4.78 is 20.3. The third-order valence-corrected chi connectivity index (χ3v) is 5.64. The maximum Gasteiger partial charge on any atom is 0.261 e. The minimum atomic E-state index is -0.829. The van der Waals surface area contributed by atoms with Crippen LogP contribution in [0.15, 0.2) is 78.9 Å². The van der Waals surface area contributed by atoms with Gasteiger partial charge in [0, 0.05) is 25.1 Å². The minimum Gasteiger partial charge on any atom is -0.484 e. The Kier molecular flexibility index (Phi) is 9.41. The largest absolute Gasteiger partial charge is 0.484 e. The first kappa shape index (κ1) is 25.9. The Balaban J connectivity index is 1.90. The minimum absolute atomic E-state index is 0.0463. The second kappa shape index (κ2) is 12.7. The number of ether oxygens (including phenoxy) is 1. The predicted molar refractivity (Wildman–Crippen MR) is 135 cm³/mol. The molecule has 3 aromatic carbocycles. The van der Waals surface area contributed by atoms with Crippen LogP contribution in [0.1, 0.15) is 30.5 Å². The molecule has 184 valence electrons. The maximum atomic E-state index is 14.6. The van der Waals surface area contributed by atoms with Gasteiger partial charge in [-0.1, -0.05) is 80.1 Å². The van der Waals surface area contributed by atoms with Crippen molar-refractivity contribution in [3.8, 4) is 5.75 Å². The third-order valence-electron chi connectivity index (χ3n) is 5.64. The van der Waals surface area contributed by atoms with Crippen LogP contribution in [0.5, 0.6) is 5.75 Å². The Morgan fingerprint density at radius 1 is 0.943 bits per heavy atom. The van der Waals surface area contributed by atoms with E-state index < -0.39 is 17.8 Å². The van der Waals surface area contributed by atoms with Gasteiger partial charge in [-0.3, -0.25) is 9.59 Å². The van der Waals surface area contributed by atoms with Crippen molar-refractivity contribution in [2.75, 3.05) is 13.2 Å². The number of hydrogen-bond acceptors (Lipinski definition) is 3. The van der Waals surface area contributed by atoms with Crippen LogP contribution >= 0.6 is 0 Å². The van der Waals surface area contributed by atoms with E-state index in [0.29, 0.717) is 24.3 Å². The lowest BCUT2D eigenvalue weighted by Crippen LogP contribution is -2.52. The second-order valence-electron chi connectivity index (χ2n) is 9.06. The summed E-state index contributed by atoms with van der Waals surface area (Å²) in [6.07, 6.45) is 0.301. The zero-order valence-electron chi connectivity index (χ0n) is 20.5. The molecule has 0 saturated heterocycles. The van der Waals surface area contributed by atoms with Crippen LogP contribution in [0.25, 0.3) is 0 Å². The summed E-state index contributed by atoms with van der Waals surface area (Å²) in [5.74, 6) is -0.293. The molecule has 35 heavy (non-hydrogen) atoms. The molecule has 1 N–H and O–H groups in total. The summed E-state index contributed by atoms with van der Waals surface area (Å²) in [4.78, 5) is 28.2. The molecule has 0 aromatic heterocycles. The van der Waals surface area contributed by atoms with Gasteiger partial charge in [0.25, 0.3) is 5.91 Å². The number of rotatable bonds is 11. The number of amides is 2. The van der Waals surface area contributed by atoms with Crippen LogP contribution < -0.4 is 10.1 Å². The molecular formula is C29H33FN2O3. The van der Waals surface area contributed by atoms with Crippen LogP contribution in [-0.4, -0.2) is 35.9 Å². The third kappa shape index (κ3) is 7.95. The number of nitrogens with zero attached hydrogens (tertiary/aromatic N) is 1. The van der Waals surface area contributed by atoms with Gasteiger partial charge in [-0.05, 0) is 36.6 Å². The summed E-state index contributed by atoms with van der Waals surface area (Å²) in [6, 6.07) is 22.4. The zero-order chi connectivity index (χ0) is 25.2.